The van der Waals surface area contributed by atoms with Gasteiger partial charge >= 0.3 is 18.2 Å². The number of rotatable bonds is 6. The van der Waals surface area contributed by atoms with E-state index in [-0.39, 0.29) is 35.7 Å². The highest BCUT2D eigenvalue weighted by Gasteiger charge is 2.39. The van der Waals surface area contributed by atoms with Gasteiger partial charge in [0.15, 0.2) is 11.6 Å². The number of piperidine rings is 1. The second-order valence-corrected chi connectivity index (χ2v) is 8.92. The van der Waals surface area contributed by atoms with E-state index in [9.17, 15) is 23.1 Å². The first kappa shape index (κ1) is 25.6. The van der Waals surface area contributed by atoms with Crippen molar-refractivity contribution in [3.05, 3.63) is 48.4 Å². The summed E-state index contributed by atoms with van der Waals surface area (Å²) in [5, 5.41) is 21.0. The van der Waals surface area contributed by atoms with E-state index in [1.165, 1.54) is 35.6 Å². The standard InChI is InChI=1S/C24H24F3N7O4/c25-24(26,27)15-4-1-3-14(7-15)20-28-10-19-21(32-20)34(17-5-2-6-33(19)11-17)23(37)31-16-8-29-22(30-9-16)38-13-18(36)12-35/h1,3-4,7-10,17-18,35-36H,2,5-6,11-13H2,(H,31,37)/t17?,18-/m1/s1. The van der Waals surface area contributed by atoms with Gasteiger partial charge in [0.2, 0.25) is 0 Å². The Balaban J connectivity index is 1.41. The zero-order valence-electron chi connectivity index (χ0n) is 20.0. The van der Waals surface area contributed by atoms with Crippen LogP contribution in [0.15, 0.2) is 42.9 Å². The molecule has 1 saturated heterocycles. The number of hydrogen-bond acceptors (Lipinski definition) is 9. The maximum Gasteiger partial charge on any atom is 0.416 e. The minimum Gasteiger partial charge on any atom is -0.461 e. The molecule has 4 heterocycles. The minimum atomic E-state index is -4.51. The molecule has 2 atom stereocenters. The van der Waals surface area contributed by atoms with Gasteiger partial charge < -0.3 is 25.2 Å². The fourth-order valence-corrected chi connectivity index (χ4v) is 4.42. The molecule has 14 heteroatoms. The van der Waals surface area contributed by atoms with E-state index in [1.807, 2.05) is 0 Å². The molecule has 1 aromatic carbocycles. The molecule has 1 unspecified atom stereocenters. The third-order valence-corrected chi connectivity index (χ3v) is 6.24. The molecule has 38 heavy (non-hydrogen) atoms. The number of aliphatic hydroxyl groups is 2. The number of ether oxygens (including phenoxy) is 1. The SMILES string of the molecule is O=C(Nc1cnc(OC[C@H](O)CO)nc1)N1c2nc(-c3cccc(C(F)(F)F)c3)ncc2N2CCCC1C2. The van der Waals surface area contributed by atoms with Gasteiger partial charge in [-0.2, -0.15) is 13.2 Å². The lowest BCUT2D eigenvalue weighted by atomic mass is 10.0. The van der Waals surface area contributed by atoms with Crippen LogP contribution in [0.25, 0.3) is 11.4 Å². The number of nitrogens with zero attached hydrogens (tertiary/aromatic N) is 6. The summed E-state index contributed by atoms with van der Waals surface area (Å²) in [6.45, 7) is 0.663. The zero-order chi connectivity index (χ0) is 26.9. The lowest BCUT2D eigenvalue weighted by Crippen LogP contribution is -2.56. The van der Waals surface area contributed by atoms with Crippen molar-refractivity contribution in [1.29, 1.82) is 0 Å². The molecule has 0 aliphatic carbocycles. The fourth-order valence-electron chi connectivity index (χ4n) is 4.42. The van der Waals surface area contributed by atoms with E-state index >= 15 is 0 Å². The lowest BCUT2D eigenvalue weighted by molar-refractivity contribution is -0.137. The van der Waals surface area contributed by atoms with Crippen LogP contribution in [0, 0.1) is 0 Å². The van der Waals surface area contributed by atoms with E-state index in [0.717, 1.165) is 31.5 Å². The molecular formula is C24H24F3N7O4. The summed E-state index contributed by atoms with van der Waals surface area (Å²) in [6.07, 6.45) is 0.182. The highest BCUT2D eigenvalue weighted by Crippen LogP contribution is 2.39. The average molecular weight is 531 g/mol. The van der Waals surface area contributed by atoms with Gasteiger partial charge in [0, 0.05) is 18.7 Å². The molecule has 5 rings (SSSR count). The Kier molecular flexibility index (Phi) is 6.99. The van der Waals surface area contributed by atoms with Crippen molar-refractivity contribution in [1.82, 2.24) is 19.9 Å². The Bertz CT molecular complexity index is 1310. The van der Waals surface area contributed by atoms with Crippen LogP contribution in [-0.4, -0.2) is 74.6 Å². The Labute approximate surface area is 214 Å². The number of amides is 2. The molecular weight excluding hydrogens is 507 g/mol. The normalized spacial score (nSPS) is 17.6. The number of aromatic nitrogens is 4. The van der Waals surface area contributed by atoms with Crippen molar-refractivity contribution >= 4 is 23.2 Å². The number of hydrogen-bond donors (Lipinski definition) is 3. The Morgan fingerprint density at radius 2 is 2.00 bits per heavy atom. The first-order valence-corrected chi connectivity index (χ1v) is 11.9. The molecule has 200 valence electrons. The van der Waals surface area contributed by atoms with Crippen molar-refractivity contribution in [2.24, 2.45) is 0 Å². The van der Waals surface area contributed by atoms with Crippen LogP contribution in [0.1, 0.15) is 18.4 Å². The summed E-state index contributed by atoms with van der Waals surface area (Å²) in [4.78, 5) is 33.8. The summed E-state index contributed by atoms with van der Waals surface area (Å²) >= 11 is 0. The topological polar surface area (TPSA) is 137 Å². The Hall–Kier alpha value is -4.04. The summed E-state index contributed by atoms with van der Waals surface area (Å²) in [5.74, 6) is 0.378. The van der Waals surface area contributed by atoms with Gasteiger partial charge in [0.05, 0.1) is 48.2 Å². The lowest BCUT2D eigenvalue weighted by Gasteiger charge is -2.45. The molecule has 3 aromatic rings. The zero-order valence-corrected chi connectivity index (χ0v) is 20.0. The Morgan fingerprint density at radius 1 is 1.21 bits per heavy atom. The Morgan fingerprint density at radius 3 is 2.74 bits per heavy atom. The molecule has 0 saturated carbocycles. The van der Waals surface area contributed by atoms with Gasteiger partial charge in [-0.3, -0.25) is 4.90 Å². The van der Waals surface area contributed by atoms with Crippen LogP contribution in [-0.2, 0) is 6.18 Å². The largest absolute Gasteiger partial charge is 0.461 e. The number of anilines is 3. The number of carbonyl (C=O) groups excluding carboxylic acids is 1. The summed E-state index contributed by atoms with van der Waals surface area (Å²) in [5.41, 5.74) is 0.264. The van der Waals surface area contributed by atoms with Gasteiger partial charge in [-0.25, -0.2) is 24.7 Å². The molecule has 2 amide bonds. The van der Waals surface area contributed by atoms with Crippen LogP contribution >= 0.6 is 0 Å². The van der Waals surface area contributed by atoms with Crippen LogP contribution < -0.4 is 19.9 Å². The van der Waals surface area contributed by atoms with Gasteiger partial charge in [0.25, 0.3) is 0 Å². The number of fused-ring (bicyclic) bond motifs is 4. The second kappa shape index (κ2) is 10.4. The van der Waals surface area contributed by atoms with Crippen molar-refractivity contribution in [2.45, 2.75) is 31.2 Å². The molecule has 0 radical (unpaired) electrons. The van der Waals surface area contributed by atoms with Crippen LogP contribution in [0.2, 0.25) is 0 Å². The first-order valence-electron chi connectivity index (χ1n) is 11.9. The number of halogens is 3. The van der Waals surface area contributed by atoms with Crippen molar-refractivity contribution in [2.75, 3.05) is 41.4 Å². The van der Waals surface area contributed by atoms with Crippen LogP contribution in [0.3, 0.4) is 0 Å². The molecule has 2 aliphatic heterocycles. The smallest absolute Gasteiger partial charge is 0.416 e. The molecule has 2 bridgehead atoms. The van der Waals surface area contributed by atoms with Crippen LogP contribution in [0.5, 0.6) is 6.01 Å². The summed E-state index contributed by atoms with van der Waals surface area (Å²) < 4.78 is 45.0. The van der Waals surface area contributed by atoms with E-state index in [2.05, 4.69) is 30.2 Å². The number of alkyl halides is 3. The molecule has 1 fully saturated rings. The first-order chi connectivity index (χ1) is 18.2. The maximum absolute atomic E-state index is 13.4. The fraction of sp³-hybridized carbons (Fsp3) is 0.375. The molecule has 2 aromatic heterocycles. The summed E-state index contributed by atoms with van der Waals surface area (Å²) in [6, 6.07) is 4.00. The van der Waals surface area contributed by atoms with E-state index < -0.39 is 30.5 Å². The third kappa shape index (κ3) is 5.31. The van der Waals surface area contributed by atoms with E-state index in [0.29, 0.717) is 18.1 Å². The highest BCUT2D eigenvalue weighted by molar-refractivity contribution is 6.04. The minimum absolute atomic E-state index is 0.0415. The number of aliphatic hydroxyl groups excluding tert-OH is 2. The second-order valence-electron chi connectivity index (χ2n) is 8.92. The summed E-state index contributed by atoms with van der Waals surface area (Å²) in [7, 11) is 0. The predicted octanol–water partition coefficient (Wildman–Crippen LogP) is 2.71. The van der Waals surface area contributed by atoms with Crippen molar-refractivity contribution in [3.63, 3.8) is 0 Å². The van der Waals surface area contributed by atoms with Gasteiger partial charge in [0.1, 0.15) is 12.7 Å². The number of carbonyl (C=O) groups is 1. The van der Waals surface area contributed by atoms with Crippen LogP contribution in [0.4, 0.5) is 35.2 Å². The van der Waals surface area contributed by atoms with E-state index in [4.69, 9.17) is 9.84 Å². The molecule has 2 aliphatic rings. The van der Waals surface area contributed by atoms with Gasteiger partial charge in [-0.05, 0) is 25.0 Å². The highest BCUT2D eigenvalue weighted by atomic mass is 19.4. The molecule has 0 spiro atoms. The van der Waals surface area contributed by atoms with Gasteiger partial charge in [-0.15, -0.1) is 0 Å². The monoisotopic (exact) mass is 531 g/mol. The van der Waals surface area contributed by atoms with E-state index in [1.54, 1.807) is 0 Å². The number of nitrogens with one attached hydrogen (secondary N) is 1. The van der Waals surface area contributed by atoms with Crippen molar-refractivity contribution in [3.8, 4) is 17.4 Å². The number of urea groups is 1. The maximum atomic E-state index is 13.4. The number of benzene rings is 1. The average Bonchev–Trinajstić information content (AvgIpc) is 2.92. The molecule has 3 N–H and O–H groups in total. The quantitative estimate of drug-likeness (QED) is 0.439. The predicted molar refractivity (Wildman–Crippen MR) is 130 cm³/mol. The van der Waals surface area contributed by atoms with Crippen molar-refractivity contribution < 1.29 is 32.9 Å². The molecule has 11 nitrogen and oxygen atoms in total. The third-order valence-electron chi connectivity index (χ3n) is 6.24. The van der Waals surface area contributed by atoms with Gasteiger partial charge in [-0.1, -0.05) is 12.1 Å².